The second kappa shape index (κ2) is 7.20. The first-order valence-electron chi connectivity index (χ1n) is 6.57. The molecule has 112 valence electrons. The van der Waals surface area contributed by atoms with Crippen LogP contribution in [-0.4, -0.2) is 13.9 Å². The third-order valence-electron chi connectivity index (χ3n) is 3.23. The van der Waals surface area contributed by atoms with E-state index >= 15 is 0 Å². The van der Waals surface area contributed by atoms with Gasteiger partial charge >= 0.3 is 0 Å². The average molecular weight is 308 g/mol. The molecule has 0 atom stereocenters. The molecule has 0 unspecified atom stereocenters. The van der Waals surface area contributed by atoms with E-state index in [1.807, 2.05) is 36.4 Å². The summed E-state index contributed by atoms with van der Waals surface area (Å²) in [7, 11) is 1.68. The molecule has 0 saturated carbocycles. The van der Waals surface area contributed by atoms with Crippen LogP contribution in [0, 0.1) is 0 Å². The smallest absolute Gasteiger partial charge is 0.231 e. The lowest BCUT2D eigenvalue weighted by molar-refractivity contribution is 0.174. The van der Waals surface area contributed by atoms with Gasteiger partial charge in [-0.1, -0.05) is 18.2 Å². The molecule has 0 amide bonds. The quantitative estimate of drug-likeness (QED) is 0.921. The van der Waals surface area contributed by atoms with Gasteiger partial charge in [0, 0.05) is 13.1 Å². The number of rotatable bonds is 5. The molecule has 2 aromatic rings. The summed E-state index contributed by atoms with van der Waals surface area (Å²) >= 11 is 0. The van der Waals surface area contributed by atoms with Crippen molar-refractivity contribution >= 4 is 12.4 Å². The predicted octanol–water partition coefficient (Wildman–Crippen LogP) is 3.14. The zero-order valence-electron chi connectivity index (χ0n) is 11.8. The SMILES string of the molecule is COc1cccc(CNCc2ccc3c(c2)OCO3)c1.Cl. The van der Waals surface area contributed by atoms with Crippen LogP contribution in [0.25, 0.3) is 0 Å². The molecule has 1 aliphatic heterocycles. The van der Waals surface area contributed by atoms with E-state index in [4.69, 9.17) is 14.2 Å². The third-order valence-corrected chi connectivity index (χ3v) is 3.23. The monoisotopic (exact) mass is 307 g/mol. The summed E-state index contributed by atoms with van der Waals surface area (Å²) in [5.41, 5.74) is 2.38. The van der Waals surface area contributed by atoms with E-state index < -0.39 is 0 Å². The minimum absolute atomic E-state index is 0. The van der Waals surface area contributed by atoms with Crippen LogP contribution in [0.1, 0.15) is 11.1 Å². The van der Waals surface area contributed by atoms with E-state index in [0.29, 0.717) is 6.79 Å². The van der Waals surface area contributed by atoms with Gasteiger partial charge in [-0.25, -0.2) is 0 Å². The van der Waals surface area contributed by atoms with Crippen LogP contribution in [0.2, 0.25) is 0 Å². The first kappa shape index (κ1) is 15.5. The van der Waals surface area contributed by atoms with Gasteiger partial charge in [0.15, 0.2) is 11.5 Å². The molecule has 1 heterocycles. The molecule has 5 heteroatoms. The van der Waals surface area contributed by atoms with Gasteiger partial charge in [-0.15, -0.1) is 12.4 Å². The highest BCUT2D eigenvalue weighted by Crippen LogP contribution is 2.32. The molecule has 0 radical (unpaired) electrons. The highest BCUT2D eigenvalue weighted by molar-refractivity contribution is 5.85. The van der Waals surface area contributed by atoms with Gasteiger partial charge in [0.25, 0.3) is 0 Å². The molecule has 1 N–H and O–H groups in total. The number of nitrogens with one attached hydrogen (secondary N) is 1. The fourth-order valence-electron chi connectivity index (χ4n) is 2.18. The summed E-state index contributed by atoms with van der Waals surface area (Å²) in [5.74, 6) is 2.53. The zero-order chi connectivity index (χ0) is 13.8. The Morgan fingerprint density at radius 1 is 1.00 bits per heavy atom. The van der Waals surface area contributed by atoms with Gasteiger partial charge in [-0.3, -0.25) is 0 Å². The number of hydrogen-bond donors (Lipinski definition) is 1. The molecule has 1 aliphatic rings. The maximum atomic E-state index is 5.37. The Bertz CT molecular complexity index is 604. The topological polar surface area (TPSA) is 39.7 Å². The number of benzene rings is 2. The van der Waals surface area contributed by atoms with E-state index in [0.717, 1.165) is 30.3 Å². The minimum atomic E-state index is 0. The molecule has 0 aliphatic carbocycles. The number of halogens is 1. The lowest BCUT2D eigenvalue weighted by Crippen LogP contribution is -2.12. The van der Waals surface area contributed by atoms with Crippen LogP contribution in [0.5, 0.6) is 17.2 Å². The molecule has 0 saturated heterocycles. The highest BCUT2D eigenvalue weighted by atomic mass is 35.5. The van der Waals surface area contributed by atoms with Crippen molar-refractivity contribution in [2.24, 2.45) is 0 Å². The van der Waals surface area contributed by atoms with Gasteiger partial charge in [-0.05, 0) is 35.4 Å². The fourth-order valence-corrected chi connectivity index (χ4v) is 2.18. The van der Waals surface area contributed by atoms with Gasteiger partial charge in [0.1, 0.15) is 5.75 Å². The van der Waals surface area contributed by atoms with Crippen molar-refractivity contribution in [3.05, 3.63) is 53.6 Å². The Balaban J connectivity index is 0.00000161. The minimum Gasteiger partial charge on any atom is -0.497 e. The first-order valence-corrected chi connectivity index (χ1v) is 6.57. The van der Waals surface area contributed by atoms with Crippen molar-refractivity contribution in [3.63, 3.8) is 0 Å². The summed E-state index contributed by atoms with van der Waals surface area (Å²) in [6, 6.07) is 14.1. The number of hydrogen-bond acceptors (Lipinski definition) is 4. The maximum Gasteiger partial charge on any atom is 0.231 e. The summed E-state index contributed by atoms with van der Waals surface area (Å²) in [5, 5.41) is 3.41. The second-order valence-corrected chi connectivity index (χ2v) is 4.64. The standard InChI is InChI=1S/C16H17NO3.ClH/c1-18-14-4-2-3-12(7-14)9-17-10-13-5-6-15-16(8-13)20-11-19-15;/h2-8,17H,9-11H2,1H3;1H. The lowest BCUT2D eigenvalue weighted by Gasteiger charge is -2.07. The van der Waals surface area contributed by atoms with Crippen LogP contribution in [0.15, 0.2) is 42.5 Å². The van der Waals surface area contributed by atoms with E-state index in [1.54, 1.807) is 7.11 Å². The Morgan fingerprint density at radius 3 is 2.57 bits per heavy atom. The summed E-state index contributed by atoms with van der Waals surface area (Å²) in [6.45, 7) is 1.90. The van der Waals surface area contributed by atoms with Gasteiger partial charge < -0.3 is 19.5 Å². The van der Waals surface area contributed by atoms with Crippen molar-refractivity contribution in [1.29, 1.82) is 0 Å². The van der Waals surface area contributed by atoms with Crippen LogP contribution in [0.3, 0.4) is 0 Å². The molecule has 0 bridgehead atoms. The van der Waals surface area contributed by atoms with Gasteiger partial charge in [0.2, 0.25) is 6.79 Å². The van der Waals surface area contributed by atoms with Crippen molar-refractivity contribution in [2.75, 3.05) is 13.9 Å². The molecule has 2 aromatic carbocycles. The van der Waals surface area contributed by atoms with E-state index in [9.17, 15) is 0 Å². The lowest BCUT2D eigenvalue weighted by atomic mass is 10.2. The van der Waals surface area contributed by atoms with Crippen molar-refractivity contribution in [3.8, 4) is 17.2 Å². The molecule has 0 fully saturated rings. The Kier molecular flexibility index (Phi) is 5.31. The summed E-state index contributed by atoms with van der Waals surface area (Å²) in [4.78, 5) is 0. The molecule has 21 heavy (non-hydrogen) atoms. The van der Waals surface area contributed by atoms with E-state index in [1.165, 1.54) is 11.1 Å². The third kappa shape index (κ3) is 3.80. The van der Waals surface area contributed by atoms with Crippen LogP contribution in [-0.2, 0) is 13.1 Å². The molecular formula is C16H18ClNO3. The predicted molar refractivity (Wildman–Crippen MR) is 83.4 cm³/mol. The fraction of sp³-hybridized carbons (Fsp3) is 0.250. The normalized spacial score (nSPS) is 11.9. The summed E-state index contributed by atoms with van der Waals surface area (Å²) < 4.78 is 15.9. The van der Waals surface area contributed by atoms with Crippen LogP contribution >= 0.6 is 12.4 Å². The molecular weight excluding hydrogens is 290 g/mol. The highest BCUT2D eigenvalue weighted by Gasteiger charge is 2.12. The zero-order valence-corrected chi connectivity index (χ0v) is 12.6. The first-order chi connectivity index (χ1) is 9.85. The van der Waals surface area contributed by atoms with E-state index in [2.05, 4.69) is 11.4 Å². The Morgan fingerprint density at radius 2 is 1.76 bits per heavy atom. The number of methoxy groups -OCH3 is 1. The van der Waals surface area contributed by atoms with Crippen molar-refractivity contribution < 1.29 is 14.2 Å². The molecule has 3 rings (SSSR count). The molecule has 4 nitrogen and oxygen atoms in total. The summed E-state index contributed by atoms with van der Waals surface area (Å²) in [6.07, 6.45) is 0. The largest absolute Gasteiger partial charge is 0.497 e. The van der Waals surface area contributed by atoms with Gasteiger partial charge in [-0.2, -0.15) is 0 Å². The van der Waals surface area contributed by atoms with Crippen molar-refractivity contribution in [2.45, 2.75) is 13.1 Å². The van der Waals surface area contributed by atoms with Crippen LogP contribution in [0.4, 0.5) is 0 Å². The second-order valence-electron chi connectivity index (χ2n) is 4.64. The number of fused-ring (bicyclic) bond motifs is 1. The maximum absolute atomic E-state index is 5.37. The Hall–Kier alpha value is -1.91. The number of ether oxygens (including phenoxy) is 3. The molecule has 0 spiro atoms. The molecule has 0 aromatic heterocycles. The van der Waals surface area contributed by atoms with Gasteiger partial charge in [0.05, 0.1) is 7.11 Å². The van der Waals surface area contributed by atoms with E-state index in [-0.39, 0.29) is 12.4 Å². The Labute approximate surface area is 130 Å². The average Bonchev–Trinajstić information content (AvgIpc) is 2.95. The van der Waals surface area contributed by atoms with Crippen LogP contribution < -0.4 is 19.5 Å². The van der Waals surface area contributed by atoms with Crippen molar-refractivity contribution in [1.82, 2.24) is 5.32 Å².